The number of nitriles is 1. The molecule has 0 aliphatic carbocycles. The summed E-state index contributed by atoms with van der Waals surface area (Å²) in [6, 6.07) is 12.0. The number of esters is 1. The molecular formula is C51H62N8O7. The summed E-state index contributed by atoms with van der Waals surface area (Å²) >= 11 is 0. The minimum absolute atomic E-state index is 0.0360. The number of nitrogens with zero attached hydrogens (tertiary/aromatic N) is 6. The van der Waals surface area contributed by atoms with Gasteiger partial charge in [0.2, 0.25) is 17.7 Å². The van der Waals surface area contributed by atoms with Crippen LogP contribution in [0.3, 0.4) is 0 Å². The molecule has 4 aromatic rings. The second kappa shape index (κ2) is 19.5. The van der Waals surface area contributed by atoms with Gasteiger partial charge in [-0.3, -0.25) is 34.0 Å². The van der Waals surface area contributed by atoms with E-state index in [9.17, 15) is 34.3 Å². The van der Waals surface area contributed by atoms with Gasteiger partial charge in [0.25, 0.3) is 5.91 Å². The summed E-state index contributed by atoms with van der Waals surface area (Å²) in [5.74, 6) is -2.99. The lowest BCUT2D eigenvalue weighted by molar-refractivity contribution is -0.155. The van der Waals surface area contributed by atoms with E-state index in [4.69, 9.17) is 4.74 Å². The maximum absolute atomic E-state index is 14.7. The van der Waals surface area contributed by atoms with Crippen LogP contribution in [0.15, 0.2) is 67.5 Å². The van der Waals surface area contributed by atoms with Crippen LogP contribution in [-0.2, 0) is 48.0 Å². The van der Waals surface area contributed by atoms with Gasteiger partial charge in [0.1, 0.15) is 29.9 Å². The van der Waals surface area contributed by atoms with E-state index in [-0.39, 0.29) is 49.6 Å². The number of fused-ring (bicyclic) bond motifs is 6. The average Bonchev–Trinajstić information content (AvgIpc) is 3.92. The van der Waals surface area contributed by atoms with Gasteiger partial charge in [0.15, 0.2) is 0 Å². The lowest BCUT2D eigenvalue weighted by Crippen LogP contribution is -2.62. The smallest absolute Gasteiger partial charge is 0.324 e. The fourth-order valence-corrected chi connectivity index (χ4v) is 9.93. The number of phenols is 1. The largest absolute Gasteiger partial charge is 0.508 e. The van der Waals surface area contributed by atoms with Crippen molar-refractivity contribution in [1.29, 1.82) is 5.26 Å². The Morgan fingerprint density at radius 3 is 2.59 bits per heavy atom. The molecule has 5 heterocycles. The molecule has 3 N–H and O–H groups in total. The number of aryl methyl sites for hydroxylation is 1. The van der Waals surface area contributed by atoms with Crippen LogP contribution in [0.2, 0.25) is 0 Å². The first-order valence-corrected chi connectivity index (χ1v) is 23.0. The van der Waals surface area contributed by atoms with Gasteiger partial charge in [-0.15, -0.1) is 0 Å². The van der Waals surface area contributed by atoms with E-state index in [1.165, 1.54) is 16.0 Å². The second-order valence-corrected chi connectivity index (χ2v) is 19.1. The molecule has 0 spiro atoms. The maximum Gasteiger partial charge on any atom is 0.324 e. The number of likely N-dealkylation sites (tertiary alicyclic amines) is 1. The van der Waals surface area contributed by atoms with Crippen molar-refractivity contribution in [3.05, 3.63) is 84.2 Å². The maximum atomic E-state index is 14.7. The van der Waals surface area contributed by atoms with Crippen LogP contribution in [0.1, 0.15) is 83.5 Å². The number of benzene rings is 2. The Hall–Kier alpha value is -6.53. The number of amides is 4. The van der Waals surface area contributed by atoms with Gasteiger partial charge in [-0.1, -0.05) is 53.3 Å². The topological polar surface area (TPSA) is 190 Å². The molecule has 5 atom stereocenters. The van der Waals surface area contributed by atoms with Crippen LogP contribution in [0.5, 0.6) is 5.75 Å². The molecule has 66 heavy (non-hydrogen) atoms. The number of rotatable bonds is 9. The number of phenolic OH excluding ortho intramolecular Hbond substituents is 1. The van der Waals surface area contributed by atoms with Gasteiger partial charge < -0.3 is 29.5 Å². The quantitative estimate of drug-likeness (QED) is 0.135. The summed E-state index contributed by atoms with van der Waals surface area (Å²) < 4.78 is 8.14. The van der Waals surface area contributed by atoms with Crippen LogP contribution in [0, 0.1) is 28.6 Å². The number of ether oxygens (including phenoxy) is 1. The number of likely N-dealkylation sites (N-methyl/N-ethyl adjacent to an activating group) is 1. The molecule has 2 fully saturated rings. The number of pyridine rings is 1. The van der Waals surface area contributed by atoms with E-state index in [2.05, 4.69) is 45.9 Å². The van der Waals surface area contributed by atoms with Crippen molar-refractivity contribution in [2.45, 2.75) is 104 Å². The third-order valence-corrected chi connectivity index (χ3v) is 13.3. The fraction of sp³-hybridized carbons (Fsp3) is 0.471. The van der Waals surface area contributed by atoms with Crippen molar-refractivity contribution in [3.8, 4) is 34.2 Å². The van der Waals surface area contributed by atoms with E-state index >= 15 is 0 Å². The third kappa shape index (κ3) is 9.70. The molecule has 4 amide bonds. The number of hydrogen-bond donors (Lipinski definition) is 3. The van der Waals surface area contributed by atoms with Crippen LogP contribution in [-0.4, -0.2) is 110 Å². The predicted molar refractivity (Wildman–Crippen MR) is 250 cm³/mol. The highest BCUT2D eigenvalue weighted by molar-refractivity contribution is 5.96. The molecule has 2 saturated heterocycles. The molecule has 3 aliphatic heterocycles. The summed E-state index contributed by atoms with van der Waals surface area (Å²) in [6.07, 6.45) is 7.36. The number of carbonyl (C=O) groups excluding carboxylic acids is 5. The summed E-state index contributed by atoms with van der Waals surface area (Å²) in [4.78, 5) is 76.8. The van der Waals surface area contributed by atoms with Crippen LogP contribution < -0.4 is 10.7 Å². The van der Waals surface area contributed by atoms with Crippen molar-refractivity contribution in [2.24, 2.45) is 17.3 Å². The Labute approximate surface area is 386 Å². The highest BCUT2D eigenvalue weighted by atomic mass is 16.5. The van der Waals surface area contributed by atoms with Crippen LogP contribution in [0.4, 0.5) is 0 Å². The first-order valence-electron chi connectivity index (χ1n) is 23.0. The first kappa shape index (κ1) is 47.4. The first-order chi connectivity index (χ1) is 31.4. The summed E-state index contributed by atoms with van der Waals surface area (Å²) in [5.41, 5.74) is 9.16. The predicted octanol–water partition coefficient (Wildman–Crippen LogP) is 5.89. The lowest BCUT2D eigenvalue weighted by atomic mass is 9.84. The van der Waals surface area contributed by atoms with Gasteiger partial charge in [-0.25, -0.2) is 5.43 Å². The van der Waals surface area contributed by atoms with Gasteiger partial charge in [0.05, 0.1) is 29.8 Å². The molecule has 0 saturated carbocycles. The zero-order chi connectivity index (χ0) is 47.6. The normalized spacial score (nSPS) is 20.8. The molecular weight excluding hydrogens is 837 g/mol. The Morgan fingerprint density at radius 1 is 1.11 bits per heavy atom. The van der Waals surface area contributed by atoms with Gasteiger partial charge in [0, 0.05) is 61.9 Å². The van der Waals surface area contributed by atoms with Crippen LogP contribution >= 0.6 is 0 Å². The van der Waals surface area contributed by atoms with Gasteiger partial charge in [-0.05, 0) is 109 Å². The number of hydrazine groups is 1. The molecule has 15 nitrogen and oxygen atoms in total. The van der Waals surface area contributed by atoms with E-state index in [0.717, 1.165) is 45.3 Å². The fourth-order valence-electron chi connectivity index (χ4n) is 9.93. The highest BCUT2D eigenvalue weighted by Crippen LogP contribution is 2.43. The number of cyclic esters (lactones) is 1. The zero-order valence-electron chi connectivity index (χ0n) is 39.1. The highest BCUT2D eigenvalue weighted by Gasteiger charge is 2.40. The molecule has 15 heteroatoms. The molecule has 2 aromatic carbocycles. The van der Waals surface area contributed by atoms with Crippen molar-refractivity contribution < 1.29 is 33.8 Å². The number of carbonyl (C=O) groups is 5. The summed E-state index contributed by atoms with van der Waals surface area (Å²) in [7, 11) is 1.57. The number of aromatic hydroxyl groups is 1. The molecule has 3 aliphatic rings. The van der Waals surface area contributed by atoms with Crippen molar-refractivity contribution in [3.63, 3.8) is 0 Å². The van der Waals surface area contributed by atoms with Gasteiger partial charge in [-0.2, -0.15) is 5.26 Å². The average molecular weight is 899 g/mol. The Balaban J connectivity index is 1.32. The minimum Gasteiger partial charge on any atom is -0.508 e. The zero-order valence-corrected chi connectivity index (χ0v) is 39.1. The van der Waals surface area contributed by atoms with E-state index in [1.807, 2.05) is 65.1 Å². The van der Waals surface area contributed by atoms with Crippen molar-refractivity contribution in [1.82, 2.24) is 35.1 Å². The summed E-state index contributed by atoms with van der Waals surface area (Å²) in [6.45, 7) is 16.2. The number of aromatic nitrogens is 2. The number of hydrogen-bond acceptors (Lipinski definition) is 10. The van der Waals surface area contributed by atoms with Crippen LogP contribution in [0.25, 0.3) is 33.3 Å². The Kier molecular flexibility index (Phi) is 14.0. The Bertz CT molecular complexity index is 2590. The molecule has 0 unspecified atom stereocenters. The van der Waals surface area contributed by atoms with E-state index in [0.29, 0.717) is 43.4 Å². The minimum atomic E-state index is -1.19. The molecule has 2 aromatic heterocycles. The molecule has 0 radical (unpaired) electrons. The van der Waals surface area contributed by atoms with E-state index in [1.54, 1.807) is 30.3 Å². The summed E-state index contributed by atoms with van der Waals surface area (Å²) in [5, 5.41) is 27.0. The monoisotopic (exact) mass is 898 g/mol. The molecule has 348 valence electrons. The second-order valence-electron chi connectivity index (χ2n) is 19.1. The Morgan fingerprint density at radius 2 is 1.88 bits per heavy atom. The standard InChI is InChI=1S/C51H62N8O7/c1-9-33-15-17-53-27-40(33)46-39-25-51(6,7)29-66-50(65)41-12-11-18-58(55-41)49(64)42(54-47(62)45(30(3)4)56(8)48(63)35-16-19-57(28-35)44(61)10-2)22-32-20-36(23-37(60)21-32)34-13-14-43(38(39)24-34)59(46)31(5)26-52/h10,13-15,17,20-21,23-24,27,30-31,35,41-42,45,55,60H,2,9,11-12,16,18-19,22,25,28-29H2,1,3-8H3,(H,54,62)/t31-,35+,41+,42+,45+/m1/s1. The van der Waals surface area contributed by atoms with Gasteiger partial charge >= 0.3 is 5.97 Å². The molecule has 7 rings (SSSR count). The van der Waals surface area contributed by atoms with Crippen molar-refractivity contribution in [2.75, 3.05) is 33.3 Å². The number of nitrogens with one attached hydrogen (secondary N) is 2. The third-order valence-electron chi connectivity index (χ3n) is 13.3. The molecule has 6 bridgehead atoms. The lowest BCUT2D eigenvalue weighted by Gasteiger charge is -2.37. The van der Waals surface area contributed by atoms with Crippen molar-refractivity contribution >= 4 is 40.5 Å². The SMILES string of the molecule is C=CC(=O)N1CC[C@H](C(=O)N(C)[C@H](C(=O)N[C@H]2Cc3cc(O)cc(c3)-c3ccc4c(c3)c(c(-c3cnccc3CC)n4[C@H](C)C#N)CC(C)(C)COC(=O)[C@@H]3CCCN(N3)C2=O)C(C)C)C1. The van der Waals surface area contributed by atoms with E-state index < -0.39 is 53.3 Å².